The highest BCUT2D eigenvalue weighted by atomic mass is 32.1. The smallest absolute Gasteiger partial charge is 0.275 e. The average Bonchev–Trinajstić information content (AvgIpc) is 3.42. The van der Waals surface area contributed by atoms with Crippen molar-refractivity contribution in [2.75, 3.05) is 52.2 Å². The molecular weight excluding hydrogens is 482 g/mol. The molecule has 1 N–H and O–H groups in total. The minimum absolute atomic E-state index is 0.125. The van der Waals surface area contributed by atoms with E-state index >= 15 is 0 Å². The van der Waals surface area contributed by atoms with Gasteiger partial charge in [-0.3, -0.25) is 14.4 Å². The zero-order chi connectivity index (χ0) is 25.2. The van der Waals surface area contributed by atoms with Gasteiger partial charge in [0.05, 0.1) is 29.6 Å². The number of anilines is 1. The first-order chi connectivity index (χ1) is 17.4. The normalized spacial score (nSPS) is 24.7. The van der Waals surface area contributed by atoms with Gasteiger partial charge in [0, 0.05) is 44.3 Å². The van der Waals surface area contributed by atoms with Crippen LogP contribution < -0.4 is 10.1 Å². The van der Waals surface area contributed by atoms with Crippen molar-refractivity contribution in [2.24, 2.45) is 0 Å². The summed E-state index contributed by atoms with van der Waals surface area (Å²) in [5, 5.41) is 4.46. The number of benzene rings is 1. The number of nitrogens with one attached hydrogen (secondary N) is 1. The number of carbonyl (C=O) groups is 3. The number of hydrogen-bond acceptors (Lipinski definition) is 8. The fourth-order valence-electron chi connectivity index (χ4n) is 5.00. The highest BCUT2D eigenvalue weighted by molar-refractivity contribution is 7.07. The highest BCUT2D eigenvalue weighted by Crippen LogP contribution is 2.32. The minimum atomic E-state index is -0.332. The van der Waals surface area contributed by atoms with Crippen molar-refractivity contribution in [1.29, 1.82) is 0 Å². The lowest BCUT2D eigenvalue weighted by molar-refractivity contribution is -0.144. The number of piperazine rings is 1. The van der Waals surface area contributed by atoms with Crippen molar-refractivity contribution in [3.8, 4) is 5.75 Å². The largest absolute Gasteiger partial charge is 0.490 e. The maximum absolute atomic E-state index is 13.4. The summed E-state index contributed by atoms with van der Waals surface area (Å²) in [6.07, 6.45) is 1.27. The molecule has 0 bridgehead atoms. The predicted octanol–water partition coefficient (Wildman–Crippen LogP) is 1.94. The van der Waals surface area contributed by atoms with Gasteiger partial charge >= 0.3 is 0 Å². The summed E-state index contributed by atoms with van der Waals surface area (Å²) in [6, 6.07) is 4.87. The van der Waals surface area contributed by atoms with E-state index in [1.165, 1.54) is 11.3 Å². The molecule has 0 aliphatic carbocycles. The Bertz CT molecular complexity index is 1120. The van der Waals surface area contributed by atoms with Crippen LogP contribution in [0.15, 0.2) is 29.1 Å². The highest BCUT2D eigenvalue weighted by Gasteiger charge is 2.39. The molecule has 0 radical (unpaired) electrons. The summed E-state index contributed by atoms with van der Waals surface area (Å²) in [6.45, 7) is 3.55. The number of carbonyl (C=O) groups excluding carboxylic acids is 3. The number of thiazole rings is 1. The Morgan fingerprint density at radius 2 is 1.97 bits per heavy atom. The topological polar surface area (TPSA) is 104 Å². The van der Waals surface area contributed by atoms with E-state index in [1.807, 2.05) is 4.90 Å². The lowest BCUT2D eigenvalue weighted by Crippen LogP contribution is -2.54. The van der Waals surface area contributed by atoms with Crippen LogP contribution in [0.3, 0.4) is 0 Å². The maximum Gasteiger partial charge on any atom is 0.275 e. The van der Waals surface area contributed by atoms with E-state index in [0.717, 1.165) is 32.6 Å². The fraction of sp³-hybridized carbons (Fsp3) is 0.520. The fourth-order valence-corrected chi connectivity index (χ4v) is 5.54. The van der Waals surface area contributed by atoms with Gasteiger partial charge in [0.1, 0.15) is 24.2 Å². The van der Waals surface area contributed by atoms with Crippen LogP contribution in [0, 0.1) is 0 Å². The zero-order valence-electron chi connectivity index (χ0n) is 20.5. The van der Waals surface area contributed by atoms with Crippen LogP contribution in [-0.2, 0) is 9.53 Å². The molecule has 0 saturated carbocycles. The number of aromatic nitrogens is 1. The van der Waals surface area contributed by atoms with E-state index in [0.29, 0.717) is 35.5 Å². The van der Waals surface area contributed by atoms with Crippen LogP contribution in [0.4, 0.5) is 5.69 Å². The van der Waals surface area contributed by atoms with Gasteiger partial charge in [-0.2, -0.15) is 0 Å². The van der Waals surface area contributed by atoms with Crippen molar-refractivity contribution in [2.45, 2.75) is 37.5 Å². The number of ether oxygens (including phenoxy) is 2. The molecule has 11 heteroatoms. The molecule has 2 fully saturated rings. The molecule has 5 rings (SSSR count). The van der Waals surface area contributed by atoms with Crippen molar-refractivity contribution in [1.82, 2.24) is 19.7 Å². The lowest BCUT2D eigenvalue weighted by atomic mass is 9.94. The first kappa shape index (κ1) is 24.7. The van der Waals surface area contributed by atoms with Crippen LogP contribution >= 0.6 is 11.3 Å². The van der Waals surface area contributed by atoms with Gasteiger partial charge in [-0.05, 0) is 38.1 Å². The molecule has 3 aliphatic heterocycles. The summed E-state index contributed by atoms with van der Waals surface area (Å²) >= 11 is 1.34. The molecule has 2 aromatic rings. The first-order valence-corrected chi connectivity index (χ1v) is 13.2. The van der Waals surface area contributed by atoms with Gasteiger partial charge in [-0.15, -0.1) is 11.3 Å². The van der Waals surface area contributed by atoms with E-state index in [1.54, 1.807) is 41.0 Å². The third kappa shape index (κ3) is 5.23. The Balaban J connectivity index is 1.25. The number of amides is 3. The van der Waals surface area contributed by atoms with Crippen LogP contribution in [-0.4, -0.2) is 103 Å². The summed E-state index contributed by atoms with van der Waals surface area (Å²) in [5.74, 6) is 0.0400. The van der Waals surface area contributed by atoms with Crippen LogP contribution in [0.25, 0.3) is 0 Å². The number of rotatable bonds is 4. The summed E-state index contributed by atoms with van der Waals surface area (Å²) < 4.78 is 12.4. The lowest BCUT2D eigenvalue weighted by Gasteiger charge is -2.42. The quantitative estimate of drug-likeness (QED) is 0.666. The van der Waals surface area contributed by atoms with Gasteiger partial charge in [0.25, 0.3) is 11.8 Å². The van der Waals surface area contributed by atoms with E-state index < -0.39 is 0 Å². The third-order valence-corrected chi connectivity index (χ3v) is 7.78. The molecule has 1 aromatic carbocycles. The molecule has 36 heavy (non-hydrogen) atoms. The molecule has 4 heterocycles. The Labute approximate surface area is 214 Å². The Hall–Kier alpha value is -3.02. The molecule has 0 spiro atoms. The molecule has 2 saturated heterocycles. The second-order valence-electron chi connectivity index (χ2n) is 9.60. The van der Waals surface area contributed by atoms with Gasteiger partial charge in [0.15, 0.2) is 0 Å². The molecule has 3 aliphatic rings. The maximum atomic E-state index is 13.4. The number of fused-ring (bicyclic) bond motifs is 2. The molecule has 3 amide bonds. The van der Waals surface area contributed by atoms with Gasteiger partial charge in [-0.1, -0.05) is 0 Å². The summed E-state index contributed by atoms with van der Waals surface area (Å²) in [7, 11) is 3.84. The van der Waals surface area contributed by atoms with E-state index in [4.69, 9.17) is 9.47 Å². The predicted molar refractivity (Wildman–Crippen MR) is 134 cm³/mol. The average molecular weight is 514 g/mol. The van der Waals surface area contributed by atoms with Gasteiger partial charge < -0.3 is 29.5 Å². The molecule has 0 unspecified atom stereocenters. The number of hydrogen-bond donors (Lipinski definition) is 1. The van der Waals surface area contributed by atoms with Crippen molar-refractivity contribution < 1.29 is 23.9 Å². The van der Waals surface area contributed by atoms with E-state index in [-0.39, 0.29) is 42.6 Å². The standard InChI is InChI=1S/C25H31N5O5S/c1-28-7-9-30(10-8-28)23(31)12-17-4-5-20-22(35-17)13-34-21-6-3-16(11-18(21)25(33)29(20)2)27-24(32)19-14-36-15-26-19/h3,6,11,14-15,17,20,22H,4-5,7-10,12-13H2,1-2H3,(H,27,32)/t17-,20+,22+/m1/s1. The second-order valence-corrected chi connectivity index (χ2v) is 10.3. The van der Waals surface area contributed by atoms with Crippen molar-refractivity contribution in [3.63, 3.8) is 0 Å². The molecule has 3 atom stereocenters. The first-order valence-electron chi connectivity index (χ1n) is 12.2. The number of nitrogens with zero attached hydrogens (tertiary/aromatic N) is 4. The zero-order valence-corrected chi connectivity index (χ0v) is 21.3. The van der Waals surface area contributed by atoms with E-state index in [9.17, 15) is 14.4 Å². The Kier molecular flexibility index (Phi) is 7.22. The summed E-state index contributed by atoms with van der Waals surface area (Å²) in [4.78, 5) is 48.5. The van der Waals surface area contributed by atoms with Crippen LogP contribution in [0.2, 0.25) is 0 Å². The molecule has 192 valence electrons. The van der Waals surface area contributed by atoms with Crippen LogP contribution in [0.5, 0.6) is 5.75 Å². The Morgan fingerprint density at radius 3 is 2.72 bits per heavy atom. The van der Waals surface area contributed by atoms with E-state index in [2.05, 4.69) is 22.2 Å². The third-order valence-electron chi connectivity index (χ3n) is 7.19. The van der Waals surface area contributed by atoms with Gasteiger partial charge in [-0.25, -0.2) is 4.98 Å². The van der Waals surface area contributed by atoms with Crippen molar-refractivity contribution >= 4 is 34.7 Å². The second kappa shape index (κ2) is 10.5. The molecule has 1 aromatic heterocycles. The van der Waals surface area contributed by atoms with Gasteiger partial charge in [0.2, 0.25) is 5.91 Å². The summed E-state index contributed by atoms with van der Waals surface area (Å²) in [5.41, 5.74) is 2.81. The van der Waals surface area contributed by atoms with Crippen molar-refractivity contribution in [3.05, 3.63) is 40.3 Å². The monoisotopic (exact) mass is 513 g/mol. The molecule has 10 nitrogen and oxygen atoms in total. The van der Waals surface area contributed by atoms with Crippen LogP contribution in [0.1, 0.15) is 40.1 Å². The Morgan fingerprint density at radius 1 is 1.17 bits per heavy atom. The SMILES string of the molecule is CN1CCN(C(=O)C[C@H]2CC[C@H]3[C@H](COc4ccc(NC(=O)c5cscn5)cc4C(=O)N3C)O2)CC1. The minimum Gasteiger partial charge on any atom is -0.490 e. The number of likely N-dealkylation sites (N-methyl/N-ethyl adjacent to an activating group) is 2. The molecular formula is C25H31N5O5S.